The first kappa shape index (κ1) is 11.1. The lowest BCUT2D eigenvalue weighted by Crippen LogP contribution is -1.95. The lowest BCUT2D eigenvalue weighted by atomic mass is 10.2. The number of rotatable bonds is 3. The van der Waals surface area contributed by atoms with E-state index in [-0.39, 0.29) is 0 Å². The minimum atomic E-state index is 0.445. The van der Waals surface area contributed by atoms with Gasteiger partial charge in [0.1, 0.15) is 18.4 Å². The normalized spacial score (nSPS) is 9.75. The Kier molecular flexibility index (Phi) is 3.54. The first-order chi connectivity index (χ1) is 7.79. The Morgan fingerprint density at radius 3 is 3.06 bits per heavy atom. The van der Waals surface area contributed by atoms with Crippen molar-refractivity contribution in [2.45, 2.75) is 6.61 Å². The van der Waals surface area contributed by atoms with Gasteiger partial charge < -0.3 is 4.74 Å². The Bertz CT molecular complexity index is 519. The summed E-state index contributed by atoms with van der Waals surface area (Å²) in [5.41, 5.74) is 2.28. The second-order valence-electron chi connectivity index (χ2n) is 3.01. The van der Waals surface area contributed by atoms with Gasteiger partial charge in [0.25, 0.3) is 0 Å². The van der Waals surface area contributed by atoms with Crippen molar-refractivity contribution >= 4 is 27.3 Å². The third-order valence-corrected chi connectivity index (χ3v) is 3.16. The summed E-state index contributed by atoms with van der Waals surface area (Å²) >= 11 is 4.84. The van der Waals surface area contributed by atoms with Crippen LogP contribution in [0.15, 0.2) is 34.4 Å². The number of benzene rings is 1. The molecule has 0 amide bonds. The standard InChI is InChI=1S/C11H7BrN2OS/c12-9-1-2-11(8(3-9)4-13)15-6-10-5-14-7-16-10/h1-3,5,7H,6H2. The Balaban J connectivity index is 2.13. The van der Waals surface area contributed by atoms with Crippen molar-refractivity contribution in [1.29, 1.82) is 5.26 Å². The summed E-state index contributed by atoms with van der Waals surface area (Å²) in [7, 11) is 0. The van der Waals surface area contributed by atoms with E-state index in [0.29, 0.717) is 17.9 Å². The maximum absolute atomic E-state index is 8.94. The van der Waals surface area contributed by atoms with Crippen LogP contribution in [0.4, 0.5) is 0 Å². The highest BCUT2D eigenvalue weighted by Gasteiger charge is 2.04. The number of aromatic nitrogens is 1. The molecule has 5 heteroatoms. The van der Waals surface area contributed by atoms with Gasteiger partial charge in [-0.3, -0.25) is 4.98 Å². The molecule has 0 aliphatic heterocycles. The van der Waals surface area contributed by atoms with Gasteiger partial charge in [-0.2, -0.15) is 5.26 Å². The molecule has 0 saturated carbocycles. The van der Waals surface area contributed by atoms with Crippen LogP contribution >= 0.6 is 27.3 Å². The SMILES string of the molecule is N#Cc1cc(Br)ccc1OCc1cncs1. The van der Waals surface area contributed by atoms with E-state index in [0.717, 1.165) is 9.35 Å². The van der Waals surface area contributed by atoms with E-state index in [9.17, 15) is 0 Å². The molecule has 0 aliphatic rings. The zero-order valence-electron chi connectivity index (χ0n) is 8.18. The second-order valence-corrected chi connectivity index (χ2v) is 4.90. The fraction of sp³-hybridized carbons (Fsp3) is 0.0909. The first-order valence-corrected chi connectivity index (χ1v) is 6.16. The molecule has 0 saturated heterocycles. The van der Waals surface area contributed by atoms with Crippen molar-refractivity contribution in [3.8, 4) is 11.8 Å². The van der Waals surface area contributed by atoms with Gasteiger partial charge in [0.15, 0.2) is 0 Å². The van der Waals surface area contributed by atoms with Gasteiger partial charge in [0.05, 0.1) is 16.0 Å². The largest absolute Gasteiger partial charge is 0.487 e. The quantitative estimate of drug-likeness (QED) is 0.872. The fourth-order valence-corrected chi connectivity index (χ4v) is 2.04. The lowest BCUT2D eigenvalue weighted by Gasteiger charge is -2.06. The summed E-state index contributed by atoms with van der Waals surface area (Å²) in [6, 6.07) is 7.47. The van der Waals surface area contributed by atoms with Crippen molar-refractivity contribution in [2.24, 2.45) is 0 Å². The predicted molar refractivity (Wildman–Crippen MR) is 65.3 cm³/mol. The third-order valence-electron chi connectivity index (χ3n) is 1.92. The van der Waals surface area contributed by atoms with E-state index in [1.807, 2.05) is 6.07 Å². The molecule has 2 rings (SSSR count). The lowest BCUT2D eigenvalue weighted by molar-refractivity contribution is 0.308. The van der Waals surface area contributed by atoms with Crippen molar-refractivity contribution in [1.82, 2.24) is 4.98 Å². The highest BCUT2D eigenvalue weighted by atomic mass is 79.9. The van der Waals surface area contributed by atoms with Crippen LogP contribution in [-0.4, -0.2) is 4.98 Å². The maximum atomic E-state index is 8.94. The Hall–Kier alpha value is -1.38. The molecular weight excluding hydrogens is 288 g/mol. The molecule has 0 fully saturated rings. The number of thiazole rings is 1. The Labute approximate surface area is 105 Å². The minimum absolute atomic E-state index is 0.445. The molecule has 80 valence electrons. The molecule has 0 N–H and O–H groups in total. The molecular formula is C11H7BrN2OS. The number of hydrogen-bond donors (Lipinski definition) is 0. The maximum Gasteiger partial charge on any atom is 0.137 e. The molecule has 2 aromatic rings. The van der Waals surface area contributed by atoms with Gasteiger partial charge in [0, 0.05) is 10.7 Å². The zero-order chi connectivity index (χ0) is 11.4. The number of nitrogens with zero attached hydrogens (tertiary/aromatic N) is 2. The monoisotopic (exact) mass is 294 g/mol. The van der Waals surface area contributed by atoms with Gasteiger partial charge in [-0.1, -0.05) is 15.9 Å². The van der Waals surface area contributed by atoms with Crippen LogP contribution in [0.5, 0.6) is 5.75 Å². The fourth-order valence-electron chi connectivity index (χ4n) is 1.18. The molecule has 0 bridgehead atoms. The highest BCUT2D eigenvalue weighted by molar-refractivity contribution is 9.10. The van der Waals surface area contributed by atoms with E-state index in [1.165, 1.54) is 11.3 Å². The van der Waals surface area contributed by atoms with Crippen LogP contribution < -0.4 is 4.74 Å². The topological polar surface area (TPSA) is 45.9 Å². The van der Waals surface area contributed by atoms with E-state index < -0.39 is 0 Å². The third kappa shape index (κ3) is 2.60. The predicted octanol–water partition coefficient (Wildman–Crippen LogP) is 3.36. The summed E-state index contributed by atoms with van der Waals surface area (Å²) in [6.07, 6.45) is 1.76. The summed E-state index contributed by atoms with van der Waals surface area (Å²) in [4.78, 5) is 4.99. The van der Waals surface area contributed by atoms with Gasteiger partial charge in [-0.05, 0) is 18.2 Å². The van der Waals surface area contributed by atoms with Crippen LogP contribution in [0.2, 0.25) is 0 Å². The van der Waals surface area contributed by atoms with E-state index in [2.05, 4.69) is 27.0 Å². The first-order valence-electron chi connectivity index (χ1n) is 4.49. The average molecular weight is 295 g/mol. The smallest absolute Gasteiger partial charge is 0.137 e. The minimum Gasteiger partial charge on any atom is -0.487 e. The second kappa shape index (κ2) is 5.10. The van der Waals surface area contributed by atoms with Crippen LogP contribution in [-0.2, 0) is 6.61 Å². The van der Waals surface area contributed by atoms with E-state index >= 15 is 0 Å². The van der Waals surface area contributed by atoms with Crippen molar-refractivity contribution in [3.05, 3.63) is 44.8 Å². The highest BCUT2D eigenvalue weighted by Crippen LogP contribution is 2.23. The molecule has 0 aliphatic carbocycles. The number of ether oxygens (including phenoxy) is 1. The van der Waals surface area contributed by atoms with Gasteiger partial charge in [-0.25, -0.2) is 0 Å². The van der Waals surface area contributed by atoms with E-state index in [1.54, 1.807) is 23.8 Å². The molecule has 0 atom stereocenters. The molecule has 16 heavy (non-hydrogen) atoms. The van der Waals surface area contributed by atoms with Crippen molar-refractivity contribution in [3.63, 3.8) is 0 Å². The summed E-state index contributed by atoms with van der Waals surface area (Å²) in [5.74, 6) is 0.596. The van der Waals surface area contributed by atoms with Crippen molar-refractivity contribution in [2.75, 3.05) is 0 Å². The van der Waals surface area contributed by atoms with E-state index in [4.69, 9.17) is 10.00 Å². The summed E-state index contributed by atoms with van der Waals surface area (Å²) in [6.45, 7) is 0.445. The summed E-state index contributed by atoms with van der Waals surface area (Å²) in [5, 5.41) is 8.94. The van der Waals surface area contributed by atoms with Crippen molar-refractivity contribution < 1.29 is 4.74 Å². The van der Waals surface area contributed by atoms with Gasteiger partial charge in [0.2, 0.25) is 0 Å². The molecule has 0 radical (unpaired) electrons. The number of hydrogen-bond acceptors (Lipinski definition) is 4. The average Bonchev–Trinajstić information content (AvgIpc) is 2.80. The zero-order valence-corrected chi connectivity index (χ0v) is 10.6. The van der Waals surface area contributed by atoms with Gasteiger partial charge >= 0.3 is 0 Å². The Morgan fingerprint density at radius 2 is 2.38 bits per heavy atom. The van der Waals surface area contributed by atoms with Crippen LogP contribution in [0.3, 0.4) is 0 Å². The number of nitriles is 1. The number of halogens is 1. The molecule has 1 heterocycles. The Morgan fingerprint density at radius 1 is 1.50 bits per heavy atom. The van der Waals surface area contributed by atoms with Crippen LogP contribution in [0.1, 0.15) is 10.4 Å². The van der Waals surface area contributed by atoms with Crippen LogP contribution in [0.25, 0.3) is 0 Å². The molecule has 0 unspecified atom stereocenters. The molecule has 1 aromatic heterocycles. The van der Waals surface area contributed by atoms with Crippen LogP contribution in [0, 0.1) is 11.3 Å². The molecule has 1 aromatic carbocycles. The van der Waals surface area contributed by atoms with Gasteiger partial charge in [-0.15, -0.1) is 11.3 Å². The molecule has 0 spiro atoms. The molecule has 3 nitrogen and oxygen atoms in total. The summed E-state index contributed by atoms with van der Waals surface area (Å²) < 4.78 is 6.42.